The van der Waals surface area contributed by atoms with Gasteiger partial charge in [0.15, 0.2) is 5.84 Å². The van der Waals surface area contributed by atoms with Gasteiger partial charge in [0, 0.05) is 35.5 Å². The average Bonchev–Trinajstić information content (AvgIpc) is 3.35. The third-order valence-electron chi connectivity index (χ3n) is 5.47. The average molecular weight is 478 g/mol. The number of aryl methyl sites for hydroxylation is 1. The van der Waals surface area contributed by atoms with E-state index in [0.29, 0.717) is 6.54 Å². The Morgan fingerprint density at radius 3 is 2.61 bits per heavy atom. The maximum atomic E-state index is 12.7. The fourth-order valence-electron chi connectivity index (χ4n) is 3.77. The van der Waals surface area contributed by atoms with Crippen molar-refractivity contribution in [1.82, 2.24) is 9.58 Å². The van der Waals surface area contributed by atoms with E-state index in [0.717, 1.165) is 39.5 Å². The lowest BCUT2D eigenvalue weighted by molar-refractivity contribution is -0.114. The van der Waals surface area contributed by atoms with Crippen molar-refractivity contribution in [2.24, 2.45) is 10.1 Å². The Morgan fingerprint density at radius 1 is 1.12 bits per heavy atom. The van der Waals surface area contributed by atoms with Crippen LogP contribution in [0.5, 0.6) is 0 Å². The Balaban J connectivity index is 1.57. The van der Waals surface area contributed by atoms with Crippen LogP contribution in [0.4, 0.5) is 0 Å². The number of sulfone groups is 1. The summed E-state index contributed by atoms with van der Waals surface area (Å²) in [6.45, 7) is 2.73. The van der Waals surface area contributed by atoms with Crippen LogP contribution in [0, 0.1) is 12.3 Å². The molecule has 0 saturated heterocycles. The summed E-state index contributed by atoms with van der Waals surface area (Å²) in [6.07, 6.45) is 4.61. The van der Waals surface area contributed by atoms with E-state index < -0.39 is 15.7 Å². The molecular formula is C23H19N5O3S2. The molecule has 1 amide bonds. The summed E-state index contributed by atoms with van der Waals surface area (Å²) < 4.78 is 25.6. The molecule has 166 valence electrons. The molecule has 2 aliphatic heterocycles. The van der Waals surface area contributed by atoms with Crippen molar-refractivity contribution in [1.29, 1.82) is 5.41 Å². The maximum Gasteiger partial charge on any atom is 0.283 e. The van der Waals surface area contributed by atoms with E-state index in [9.17, 15) is 13.2 Å². The fraction of sp³-hybridized carbons (Fsp3) is 0.130. The van der Waals surface area contributed by atoms with Crippen LogP contribution >= 0.6 is 11.8 Å². The lowest BCUT2D eigenvalue weighted by atomic mass is 10.1. The number of carbonyl (C=O) groups is 1. The van der Waals surface area contributed by atoms with Gasteiger partial charge in [0.25, 0.3) is 5.91 Å². The quantitative estimate of drug-likeness (QED) is 0.580. The number of aliphatic imine (C=N–C) groups is 1. The van der Waals surface area contributed by atoms with Crippen LogP contribution in [-0.2, 0) is 21.2 Å². The number of thioether (sulfide) groups is 1. The third kappa shape index (κ3) is 3.81. The van der Waals surface area contributed by atoms with E-state index in [1.807, 2.05) is 42.6 Å². The van der Waals surface area contributed by atoms with Crippen molar-refractivity contribution in [2.45, 2.75) is 13.5 Å². The summed E-state index contributed by atoms with van der Waals surface area (Å²) in [4.78, 5) is 16.7. The Hall–Kier alpha value is -3.50. The first-order chi connectivity index (χ1) is 15.7. The monoisotopic (exact) mass is 477 g/mol. The molecule has 5 rings (SSSR count). The molecule has 0 fully saturated rings. The van der Waals surface area contributed by atoms with E-state index in [-0.39, 0.29) is 21.0 Å². The molecule has 2 aromatic carbocycles. The van der Waals surface area contributed by atoms with Crippen LogP contribution < -0.4 is 0 Å². The first kappa shape index (κ1) is 21.4. The van der Waals surface area contributed by atoms with Gasteiger partial charge in [-0.25, -0.2) is 8.42 Å². The van der Waals surface area contributed by atoms with E-state index in [2.05, 4.69) is 33.7 Å². The van der Waals surface area contributed by atoms with Gasteiger partial charge in [-0.2, -0.15) is 10.0 Å². The summed E-state index contributed by atoms with van der Waals surface area (Å²) >= 11 is 0.772. The molecule has 0 aliphatic carbocycles. The summed E-state index contributed by atoms with van der Waals surface area (Å²) in [5.74, 6) is -0.800. The van der Waals surface area contributed by atoms with Gasteiger partial charge in [0.1, 0.15) is 0 Å². The van der Waals surface area contributed by atoms with Crippen LogP contribution in [0.1, 0.15) is 16.7 Å². The molecule has 33 heavy (non-hydrogen) atoms. The van der Waals surface area contributed by atoms with Gasteiger partial charge in [-0.05, 0) is 42.0 Å². The molecule has 10 heteroatoms. The van der Waals surface area contributed by atoms with E-state index in [4.69, 9.17) is 5.41 Å². The van der Waals surface area contributed by atoms with Crippen LogP contribution in [0.3, 0.4) is 0 Å². The molecule has 0 spiro atoms. The first-order valence-electron chi connectivity index (χ1n) is 10.0. The Labute approximate surface area is 194 Å². The fourth-order valence-corrected chi connectivity index (χ4v) is 5.46. The molecule has 3 aromatic rings. The SMILES string of the molecule is Cc1ccccc1Cn1cc(/C=C2/C(=N)N3N=C(S(C)(=O)=O)SC3=NC2=O)c2ccccc21. The smallest absolute Gasteiger partial charge is 0.283 e. The predicted octanol–water partition coefficient (Wildman–Crippen LogP) is 3.62. The van der Waals surface area contributed by atoms with Gasteiger partial charge in [-0.1, -0.05) is 42.5 Å². The number of hydrazone groups is 1. The van der Waals surface area contributed by atoms with Gasteiger partial charge in [0.05, 0.1) is 5.57 Å². The minimum absolute atomic E-state index is 0.0524. The van der Waals surface area contributed by atoms with Gasteiger partial charge >= 0.3 is 0 Å². The topological polar surface area (TPSA) is 108 Å². The minimum atomic E-state index is -3.58. The molecule has 0 unspecified atom stereocenters. The molecule has 1 aromatic heterocycles. The van der Waals surface area contributed by atoms with Gasteiger partial charge in [0.2, 0.25) is 19.4 Å². The highest BCUT2D eigenvalue weighted by Gasteiger charge is 2.38. The largest absolute Gasteiger partial charge is 0.342 e. The highest BCUT2D eigenvalue weighted by Crippen LogP contribution is 2.31. The molecule has 1 N–H and O–H groups in total. The summed E-state index contributed by atoms with van der Waals surface area (Å²) in [5, 5.41) is 14.6. The summed E-state index contributed by atoms with van der Waals surface area (Å²) in [6, 6.07) is 16.0. The van der Waals surface area contributed by atoms with Crippen molar-refractivity contribution in [3.8, 4) is 0 Å². The number of amidine groups is 2. The number of hydrogen-bond donors (Lipinski definition) is 1. The maximum absolute atomic E-state index is 12.7. The number of amides is 1. The zero-order valence-electron chi connectivity index (χ0n) is 17.8. The number of nitrogens with zero attached hydrogens (tertiary/aromatic N) is 4. The van der Waals surface area contributed by atoms with Crippen LogP contribution in [-0.4, -0.2) is 45.5 Å². The molecule has 2 aliphatic rings. The number of fused-ring (bicyclic) bond motifs is 2. The van der Waals surface area contributed by atoms with Crippen LogP contribution in [0.15, 0.2) is 70.4 Å². The zero-order valence-corrected chi connectivity index (χ0v) is 19.4. The molecule has 3 heterocycles. The van der Waals surface area contributed by atoms with Crippen LogP contribution in [0.25, 0.3) is 17.0 Å². The Bertz CT molecular complexity index is 1550. The molecule has 0 radical (unpaired) electrons. The van der Waals surface area contributed by atoms with Gasteiger partial charge in [-0.15, -0.1) is 5.10 Å². The predicted molar refractivity (Wildman–Crippen MR) is 132 cm³/mol. The number of hydrogen-bond acceptors (Lipinski definition) is 6. The van der Waals surface area contributed by atoms with E-state index in [1.165, 1.54) is 11.1 Å². The Kier molecular flexibility index (Phi) is 5.06. The molecule has 8 nitrogen and oxygen atoms in total. The minimum Gasteiger partial charge on any atom is -0.342 e. The number of aromatic nitrogens is 1. The van der Waals surface area contributed by atoms with Gasteiger partial charge in [-0.3, -0.25) is 10.2 Å². The summed E-state index contributed by atoms with van der Waals surface area (Å²) in [7, 11) is -3.58. The lowest BCUT2D eigenvalue weighted by Gasteiger charge is -2.19. The van der Waals surface area contributed by atoms with Crippen molar-refractivity contribution >= 4 is 59.9 Å². The summed E-state index contributed by atoms with van der Waals surface area (Å²) in [5.41, 5.74) is 4.19. The van der Waals surface area contributed by atoms with Crippen molar-refractivity contribution in [2.75, 3.05) is 6.26 Å². The normalized spacial score (nSPS) is 17.5. The first-order valence-corrected chi connectivity index (χ1v) is 12.8. The second-order valence-electron chi connectivity index (χ2n) is 7.81. The number of benzene rings is 2. The zero-order chi connectivity index (χ0) is 23.3. The second kappa shape index (κ2) is 7.82. The number of carbonyl (C=O) groups excluding carboxylic acids is 1. The standard InChI is InChI=1S/C23H19N5O3S2/c1-14-7-3-4-8-15(14)12-27-13-16(17-9-5-6-10-19(17)27)11-18-20(24)28-22(25-21(18)29)32-23(26-28)33(2,30)31/h3-11,13,24H,12H2,1-2H3/b18-11-,24-20?. The molecular weight excluding hydrogens is 458 g/mol. The third-order valence-corrected chi connectivity index (χ3v) is 8.05. The lowest BCUT2D eigenvalue weighted by Crippen LogP contribution is -2.35. The highest BCUT2D eigenvalue weighted by atomic mass is 32.3. The molecule has 0 bridgehead atoms. The number of nitrogens with one attached hydrogen (secondary N) is 1. The molecule has 0 saturated carbocycles. The van der Waals surface area contributed by atoms with Crippen molar-refractivity contribution < 1.29 is 13.2 Å². The van der Waals surface area contributed by atoms with Crippen LogP contribution in [0.2, 0.25) is 0 Å². The number of para-hydroxylation sites is 1. The Morgan fingerprint density at radius 2 is 1.85 bits per heavy atom. The highest BCUT2D eigenvalue weighted by molar-refractivity contribution is 8.42. The van der Waals surface area contributed by atoms with E-state index >= 15 is 0 Å². The van der Waals surface area contributed by atoms with Gasteiger partial charge < -0.3 is 4.57 Å². The second-order valence-corrected chi connectivity index (χ2v) is 11.0. The van der Waals surface area contributed by atoms with E-state index in [1.54, 1.807) is 6.08 Å². The molecule has 0 atom stereocenters. The van der Waals surface area contributed by atoms with Crippen molar-refractivity contribution in [3.05, 3.63) is 77.0 Å². The van der Waals surface area contributed by atoms with Crippen molar-refractivity contribution in [3.63, 3.8) is 0 Å². The number of rotatable bonds is 3.